The first-order valence-corrected chi connectivity index (χ1v) is 0. The molecule has 0 unspecified atom stereocenters. The van der Waals surface area contributed by atoms with Gasteiger partial charge in [0.1, 0.15) is 0 Å². The summed E-state index contributed by atoms with van der Waals surface area (Å²) in [4.78, 5) is 0. The first-order valence-electron chi connectivity index (χ1n) is 0. The predicted octanol–water partition coefficient (Wildman–Crippen LogP) is 1.46. The molecule has 0 fully saturated rings. The van der Waals surface area contributed by atoms with Gasteiger partial charge in [0, 0.05) is 8.41 Å². The van der Waals surface area contributed by atoms with Crippen molar-refractivity contribution in [3.8, 4) is 0 Å². The van der Waals surface area contributed by atoms with Gasteiger partial charge in [0.05, 0.1) is 0 Å². The Morgan fingerprint density at radius 1 is 0.600 bits per heavy atom. The van der Waals surface area contributed by atoms with Crippen LogP contribution < -0.4 is 0 Å². The third-order valence-electron chi connectivity index (χ3n) is 0. The summed E-state index contributed by atoms with van der Waals surface area (Å²) in [5.41, 5.74) is 0. The van der Waals surface area contributed by atoms with E-state index in [4.69, 9.17) is 0 Å². The van der Waals surface area contributed by atoms with Crippen LogP contribution in [0.25, 0.3) is 0 Å². The molecule has 0 spiro atoms. The Balaban J connectivity index is 0. The molecule has 0 nitrogen and oxygen atoms in total. The molecule has 5 heteroatoms. The lowest BCUT2D eigenvalue weighted by Gasteiger charge is -0.148. The van der Waals surface area contributed by atoms with Crippen molar-refractivity contribution in [1.29, 1.82) is 0 Å². The van der Waals surface area contributed by atoms with Gasteiger partial charge < -0.3 is 0 Å². The molecule has 0 aromatic heterocycles. The van der Waals surface area contributed by atoms with E-state index in [1.54, 1.807) is 0 Å². The quantitative estimate of drug-likeness (QED) is 0.520. The molecule has 35 valence electrons. The molecule has 0 aliphatic heterocycles. The summed E-state index contributed by atoms with van der Waals surface area (Å²) in [5, 5.41) is 0. The Bertz CT molecular complexity index is 6.85. The number of rotatable bonds is 0. The topological polar surface area (TPSA) is 0 Å². The lowest BCUT2D eigenvalue weighted by atomic mass is 10.8. The molecule has 0 N–H and O–H groups in total. The highest BCUT2D eigenvalue weighted by atomic mass is 79.9. The molecule has 0 aliphatic carbocycles. The van der Waals surface area contributed by atoms with E-state index in [2.05, 4.69) is 0 Å². The van der Waals surface area contributed by atoms with Crippen molar-refractivity contribution in [3.05, 3.63) is 0 Å². The van der Waals surface area contributed by atoms with Gasteiger partial charge in [-0.15, -0.1) is 54.2 Å². The van der Waals surface area contributed by atoms with E-state index >= 15 is 0 Å². The third kappa shape index (κ3) is 31.5. The largest absolute Gasteiger partial charge is 0.147 e. The highest BCUT2D eigenvalue weighted by Gasteiger charge is 0.0000299. The summed E-state index contributed by atoms with van der Waals surface area (Å²) < 4.78 is 0. The fraction of sp³-hybridized carbons (Fsp3) is 0. The van der Waals surface area contributed by atoms with Crippen LogP contribution in [-0.4, -0.2) is 8.41 Å². The van der Waals surface area contributed by atoms with E-state index in [0.29, 0.717) is 0 Å². The van der Waals surface area contributed by atoms with Crippen LogP contribution in [-0.2, 0) is 0 Å². The fourth-order valence-corrected chi connectivity index (χ4v) is 0. The van der Waals surface area contributed by atoms with Crippen LogP contribution >= 0.6 is 54.2 Å². The monoisotopic (exact) mass is 199 g/mol. The highest BCUT2D eigenvalue weighted by molar-refractivity contribution is 8.93. The molecular formula is H4BBrCl3. The molecule has 0 amide bonds. The SMILES string of the molecule is Br.Cl.Cl.Cl.[B]. The first-order chi connectivity index (χ1) is 0. The van der Waals surface area contributed by atoms with Crippen molar-refractivity contribution in [2.24, 2.45) is 0 Å². The van der Waals surface area contributed by atoms with E-state index in [1.807, 2.05) is 0 Å². The maximum absolute atomic E-state index is 0. The molecule has 3 radical (unpaired) electrons. The highest BCUT2D eigenvalue weighted by Crippen LogP contribution is 0.846. The summed E-state index contributed by atoms with van der Waals surface area (Å²) in [6, 6.07) is 0. The molecule has 0 saturated heterocycles. The van der Waals surface area contributed by atoms with Crippen molar-refractivity contribution in [3.63, 3.8) is 0 Å². The van der Waals surface area contributed by atoms with Crippen molar-refractivity contribution < 1.29 is 0 Å². The summed E-state index contributed by atoms with van der Waals surface area (Å²) in [6.07, 6.45) is 0. The Morgan fingerprint density at radius 3 is 0.600 bits per heavy atom. The first kappa shape index (κ1) is 94.0. The minimum atomic E-state index is 0. The van der Waals surface area contributed by atoms with Crippen LogP contribution in [0.5, 0.6) is 0 Å². The normalized spacial score (nSPS) is 0. The minimum absolute atomic E-state index is 0. The van der Waals surface area contributed by atoms with Gasteiger partial charge in [-0.2, -0.15) is 0 Å². The Labute approximate surface area is 62.7 Å². The van der Waals surface area contributed by atoms with Crippen molar-refractivity contribution in [1.82, 2.24) is 0 Å². The second kappa shape index (κ2) is 52.7. The van der Waals surface area contributed by atoms with Gasteiger partial charge in [-0.3, -0.25) is 0 Å². The maximum Gasteiger partial charge on any atom is 0 e. The lowest BCUT2D eigenvalue weighted by Crippen LogP contribution is -0.381. The van der Waals surface area contributed by atoms with E-state index in [1.165, 1.54) is 0 Å². The molecule has 0 aromatic rings. The predicted molar refractivity (Wildman–Crippen MR) is 37.8 cm³/mol. The second-order valence-corrected chi connectivity index (χ2v) is 0. The van der Waals surface area contributed by atoms with Crippen molar-refractivity contribution in [2.75, 3.05) is 0 Å². The van der Waals surface area contributed by atoms with Gasteiger partial charge >= 0.3 is 0 Å². The molecule has 0 bridgehead atoms. The zero-order valence-corrected chi connectivity index (χ0v) is 6.37. The van der Waals surface area contributed by atoms with Crippen molar-refractivity contribution in [2.45, 2.75) is 0 Å². The Kier molecular flexibility index (Phi) is 991. The molecular weight excluding hydrogens is 197 g/mol. The summed E-state index contributed by atoms with van der Waals surface area (Å²) in [6.45, 7) is 0. The van der Waals surface area contributed by atoms with E-state index in [9.17, 15) is 0 Å². The molecule has 0 rings (SSSR count). The van der Waals surface area contributed by atoms with Gasteiger partial charge in [0.25, 0.3) is 0 Å². The molecule has 5 heavy (non-hydrogen) atoms. The fourth-order valence-electron chi connectivity index (χ4n) is 0. The summed E-state index contributed by atoms with van der Waals surface area (Å²) in [7, 11) is 0. The maximum atomic E-state index is 0. The van der Waals surface area contributed by atoms with Gasteiger partial charge in [0.15, 0.2) is 0 Å². The Morgan fingerprint density at radius 2 is 0.600 bits per heavy atom. The van der Waals surface area contributed by atoms with Gasteiger partial charge in [-0.05, 0) is 0 Å². The number of hydrogen-bond acceptors (Lipinski definition) is 0. The molecule has 0 atom stereocenters. The average molecular weight is 201 g/mol. The van der Waals surface area contributed by atoms with Crippen LogP contribution in [0.1, 0.15) is 0 Å². The zero-order valence-electron chi connectivity index (χ0n) is 2.21. The second-order valence-electron chi connectivity index (χ2n) is 0. The van der Waals surface area contributed by atoms with E-state index < -0.39 is 0 Å². The number of hydrogen-bond donors (Lipinski definition) is 0. The van der Waals surface area contributed by atoms with Gasteiger partial charge in [-0.1, -0.05) is 0 Å². The number of halogens is 4. The van der Waals surface area contributed by atoms with Crippen LogP contribution in [0.3, 0.4) is 0 Å². The summed E-state index contributed by atoms with van der Waals surface area (Å²) in [5.74, 6) is 0. The Hall–Kier alpha value is 1.41. The lowest BCUT2D eigenvalue weighted by molar-refractivity contribution is 5.75. The molecule has 0 saturated carbocycles. The average Bonchev–Trinajstić information content (AvgIpc) is 0. The smallest absolute Gasteiger partial charge is 0 e. The van der Waals surface area contributed by atoms with Crippen LogP contribution in [0, 0.1) is 0 Å². The zero-order chi connectivity index (χ0) is 0. The summed E-state index contributed by atoms with van der Waals surface area (Å²) >= 11 is 0. The van der Waals surface area contributed by atoms with E-state index in [0.717, 1.165) is 0 Å². The van der Waals surface area contributed by atoms with E-state index in [-0.39, 0.29) is 62.6 Å². The molecule has 0 heterocycles. The van der Waals surface area contributed by atoms with Gasteiger partial charge in [-0.25, -0.2) is 0 Å². The van der Waals surface area contributed by atoms with Crippen LogP contribution in [0.2, 0.25) is 0 Å². The molecule has 0 aromatic carbocycles. The standard InChI is InChI=1S/B.BrH.3ClH/h;4*1H. The van der Waals surface area contributed by atoms with Crippen molar-refractivity contribution >= 4 is 62.6 Å². The van der Waals surface area contributed by atoms with Crippen LogP contribution in [0.4, 0.5) is 0 Å². The van der Waals surface area contributed by atoms with Gasteiger partial charge in [0.2, 0.25) is 0 Å². The van der Waals surface area contributed by atoms with Crippen LogP contribution in [0.15, 0.2) is 0 Å². The third-order valence-corrected chi connectivity index (χ3v) is 0. The molecule has 0 aliphatic rings. The minimum Gasteiger partial charge on any atom is -0.147 e.